The van der Waals surface area contributed by atoms with Gasteiger partial charge in [0.25, 0.3) is 5.91 Å². The van der Waals surface area contributed by atoms with Crippen molar-refractivity contribution < 1.29 is 27.8 Å². The molecule has 1 unspecified atom stereocenters. The fourth-order valence-corrected chi connectivity index (χ4v) is 4.04. The monoisotopic (exact) mass is 458 g/mol. The highest BCUT2D eigenvalue weighted by Crippen LogP contribution is 2.37. The molecule has 1 aliphatic heterocycles. The largest absolute Gasteiger partial charge is 0.492 e. The Morgan fingerprint density at radius 2 is 2.10 bits per heavy atom. The fraction of sp³-hybridized carbons (Fsp3) is 0.550. The molecule has 11 heteroatoms. The predicted octanol–water partition coefficient (Wildman–Crippen LogP) is 4.00. The lowest BCUT2D eigenvalue weighted by Gasteiger charge is -2.20. The van der Waals surface area contributed by atoms with Gasteiger partial charge in [-0.3, -0.25) is 14.5 Å². The second kappa shape index (κ2) is 8.34. The van der Waals surface area contributed by atoms with Crippen molar-refractivity contribution in [2.24, 2.45) is 4.99 Å². The number of thioether (sulfide) groups is 1. The number of anilines is 1. The summed E-state index contributed by atoms with van der Waals surface area (Å²) in [5, 5.41) is 16.8. The molecular formula is C20H25F3N4O3S. The lowest BCUT2D eigenvalue weighted by atomic mass is 10.1. The molecule has 1 atom stereocenters. The number of ether oxygens (including phenoxy) is 1. The first-order valence-corrected chi connectivity index (χ1v) is 10.8. The van der Waals surface area contributed by atoms with Crippen molar-refractivity contribution in [1.82, 2.24) is 9.78 Å². The minimum absolute atomic E-state index is 0.102. The molecular weight excluding hydrogens is 433 g/mol. The maximum atomic E-state index is 12.9. The number of amides is 1. The lowest BCUT2D eigenvalue weighted by molar-refractivity contribution is -0.119. The third kappa shape index (κ3) is 5.51. The minimum Gasteiger partial charge on any atom is -0.492 e. The van der Waals surface area contributed by atoms with E-state index >= 15 is 0 Å². The zero-order chi connectivity index (χ0) is 23.0. The summed E-state index contributed by atoms with van der Waals surface area (Å²) >= 11 is 0.522. The van der Waals surface area contributed by atoms with Gasteiger partial charge in [0, 0.05) is 29.9 Å². The number of carbonyl (C=O) groups is 1. The highest BCUT2D eigenvalue weighted by Gasteiger charge is 2.47. The fourth-order valence-electron chi connectivity index (χ4n) is 2.99. The number of benzene rings is 1. The number of fused-ring (bicyclic) bond motifs is 1. The summed E-state index contributed by atoms with van der Waals surface area (Å²) in [5.41, 5.74) is -1.40. The number of hydrogen-bond acceptors (Lipinski definition) is 6. The Hall–Kier alpha value is -2.27. The van der Waals surface area contributed by atoms with Gasteiger partial charge in [0.15, 0.2) is 5.04 Å². The molecule has 1 aliphatic rings. The van der Waals surface area contributed by atoms with E-state index in [2.05, 4.69) is 15.4 Å². The zero-order valence-electron chi connectivity index (χ0n) is 17.7. The molecule has 31 heavy (non-hydrogen) atoms. The smallest absolute Gasteiger partial charge is 0.439 e. The Kier molecular flexibility index (Phi) is 6.30. The van der Waals surface area contributed by atoms with Crippen LogP contribution in [0, 0.1) is 0 Å². The number of aliphatic hydroxyl groups is 1. The van der Waals surface area contributed by atoms with Crippen LogP contribution in [-0.2, 0) is 11.3 Å². The Labute approximate surface area is 182 Å². The van der Waals surface area contributed by atoms with Crippen molar-refractivity contribution in [2.75, 3.05) is 17.7 Å². The first-order valence-electron chi connectivity index (χ1n) is 9.78. The summed E-state index contributed by atoms with van der Waals surface area (Å²) < 4.78 is 46.1. The van der Waals surface area contributed by atoms with Crippen LogP contribution in [0.15, 0.2) is 23.3 Å². The lowest BCUT2D eigenvalue weighted by Crippen LogP contribution is -2.39. The number of aliphatic imine (C=N–C) groups is 1. The third-order valence-corrected chi connectivity index (χ3v) is 6.03. The van der Waals surface area contributed by atoms with Gasteiger partial charge in [-0.15, -0.1) is 0 Å². The predicted molar refractivity (Wildman–Crippen MR) is 115 cm³/mol. The molecule has 0 aliphatic carbocycles. The molecule has 0 radical (unpaired) electrons. The number of carbonyl (C=O) groups excluding carboxylic acids is 1. The quantitative estimate of drug-likeness (QED) is 0.655. The van der Waals surface area contributed by atoms with E-state index in [9.17, 15) is 23.1 Å². The van der Waals surface area contributed by atoms with Crippen LogP contribution in [0.25, 0.3) is 10.9 Å². The Morgan fingerprint density at radius 3 is 2.68 bits per heavy atom. The summed E-state index contributed by atoms with van der Waals surface area (Å²) in [6, 6.07) is 3.34. The summed E-state index contributed by atoms with van der Waals surface area (Å²) in [5.74, 6) is -0.381. The summed E-state index contributed by atoms with van der Waals surface area (Å²) in [7, 11) is 0. The summed E-state index contributed by atoms with van der Waals surface area (Å²) in [6.45, 7) is 7.41. The van der Waals surface area contributed by atoms with Crippen LogP contribution in [0.1, 0.15) is 34.1 Å². The van der Waals surface area contributed by atoms with Gasteiger partial charge >= 0.3 is 6.18 Å². The molecule has 1 aromatic heterocycles. The van der Waals surface area contributed by atoms with Crippen LogP contribution >= 0.6 is 11.8 Å². The van der Waals surface area contributed by atoms with E-state index in [1.807, 2.05) is 0 Å². The average molecular weight is 459 g/mol. The van der Waals surface area contributed by atoms with Crippen molar-refractivity contribution in [1.29, 1.82) is 0 Å². The highest BCUT2D eigenvalue weighted by molar-refractivity contribution is 8.14. The van der Waals surface area contributed by atoms with Gasteiger partial charge in [-0.1, -0.05) is 11.8 Å². The molecule has 1 amide bonds. The van der Waals surface area contributed by atoms with Crippen molar-refractivity contribution >= 4 is 39.3 Å². The number of halogens is 3. The molecule has 170 valence electrons. The van der Waals surface area contributed by atoms with Crippen molar-refractivity contribution in [3.8, 4) is 5.75 Å². The minimum atomic E-state index is -4.57. The van der Waals surface area contributed by atoms with E-state index in [0.717, 1.165) is 5.39 Å². The number of nitrogens with zero attached hydrogens (tertiary/aromatic N) is 3. The van der Waals surface area contributed by atoms with Gasteiger partial charge in [-0.2, -0.15) is 18.3 Å². The van der Waals surface area contributed by atoms with Gasteiger partial charge in [-0.25, -0.2) is 0 Å². The number of aromatic nitrogens is 2. The molecule has 7 nitrogen and oxygen atoms in total. The highest BCUT2D eigenvalue weighted by atomic mass is 32.2. The van der Waals surface area contributed by atoms with Crippen molar-refractivity contribution in [2.45, 2.75) is 58.0 Å². The number of nitrogens with one attached hydrogen (secondary N) is 1. The van der Waals surface area contributed by atoms with E-state index in [0.29, 0.717) is 48.3 Å². The number of rotatable bonds is 7. The van der Waals surface area contributed by atoms with Gasteiger partial charge in [0.05, 0.1) is 23.4 Å². The van der Waals surface area contributed by atoms with Crippen LogP contribution in [0.4, 0.5) is 18.9 Å². The standard InChI is InChI=1S/C20H25F3N4O3S/c1-5-30-15-9-13-12(10-27(26-13)7-6-18(2,3)29)8-14(15)24-16(28)19(4)11-31-17(25-19)20(21,22)23/h8-10,29H,5-7,11H2,1-4H3,(H,24,28). The maximum absolute atomic E-state index is 12.9. The van der Waals surface area contributed by atoms with Crippen molar-refractivity contribution in [3.63, 3.8) is 0 Å². The van der Waals surface area contributed by atoms with Crippen LogP contribution in [0.5, 0.6) is 5.75 Å². The number of alkyl halides is 3. The van der Waals surface area contributed by atoms with Gasteiger partial charge in [-0.05, 0) is 40.2 Å². The Balaban J connectivity index is 1.87. The van der Waals surface area contributed by atoms with Gasteiger partial charge in [0.2, 0.25) is 0 Å². The molecule has 0 spiro atoms. The van der Waals surface area contributed by atoms with Crippen LogP contribution < -0.4 is 10.1 Å². The van der Waals surface area contributed by atoms with Gasteiger partial charge in [0.1, 0.15) is 11.3 Å². The maximum Gasteiger partial charge on any atom is 0.439 e. The van der Waals surface area contributed by atoms with Crippen LogP contribution in [-0.4, -0.2) is 55.5 Å². The first-order chi connectivity index (χ1) is 14.3. The Morgan fingerprint density at radius 1 is 1.39 bits per heavy atom. The third-order valence-electron chi connectivity index (χ3n) is 4.72. The summed E-state index contributed by atoms with van der Waals surface area (Å²) in [6.07, 6.45) is -2.30. The van der Waals surface area contributed by atoms with Crippen LogP contribution in [0.2, 0.25) is 0 Å². The molecule has 0 bridgehead atoms. The SMILES string of the molecule is CCOc1cc2nn(CCC(C)(C)O)cc2cc1NC(=O)C1(C)CSC(C(F)(F)F)=N1. The van der Waals surface area contributed by atoms with E-state index < -0.39 is 28.3 Å². The molecule has 0 saturated carbocycles. The van der Waals surface area contributed by atoms with Crippen LogP contribution in [0.3, 0.4) is 0 Å². The second-order valence-electron chi connectivity index (χ2n) is 8.23. The van der Waals surface area contributed by atoms with E-state index in [1.54, 1.807) is 43.8 Å². The zero-order valence-corrected chi connectivity index (χ0v) is 18.5. The van der Waals surface area contributed by atoms with Gasteiger partial charge < -0.3 is 15.2 Å². The molecule has 2 heterocycles. The van der Waals surface area contributed by atoms with E-state index in [-0.39, 0.29) is 5.75 Å². The number of hydrogen-bond donors (Lipinski definition) is 2. The molecule has 1 aromatic carbocycles. The topological polar surface area (TPSA) is 88.7 Å². The molecule has 2 N–H and O–H groups in total. The summed E-state index contributed by atoms with van der Waals surface area (Å²) in [4.78, 5) is 16.5. The normalized spacial score (nSPS) is 19.5. The van der Waals surface area contributed by atoms with Crippen molar-refractivity contribution in [3.05, 3.63) is 18.3 Å². The molecule has 3 rings (SSSR count). The molecule has 0 saturated heterocycles. The first kappa shape index (κ1) is 23.4. The second-order valence-corrected chi connectivity index (χ2v) is 9.19. The van der Waals surface area contributed by atoms with E-state index in [4.69, 9.17) is 4.74 Å². The van der Waals surface area contributed by atoms with E-state index in [1.165, 1.54) is 6.92 Å². The average Bonchev–Trinajstić information content (AvgIpc) is 3.23. The molecule has 2 aromatic rings. The molecule has 0 fully saturated rings. The Bertz CT molecular complexity index is 1010. The number of aryl methyl sites for hydroxylation is 1.